The summed E-state index contributed by atoms with van der Waals surface area (Å²) in [4.78, 5) is 0. The van der Waals surface area contributed by atoms with Crippen molar-refractivity contribution in [1.29, 1.82) is 0 Å². The second-order valence-corrected chi connectivity index (χ2v) is 9.16. The highest BCUT2D eigenvalue weighted by Gasteiger charge is 2.67. The van der Waals surface area contributed by atoms with Gasteiger partial charge in [-0.2, -0.15) is 0 Å². The first kappa shape index (κ1) is 17.7. The molecule has 4 nitrogen and oxygen atoms in total. The maximum Gasteiger partial charge on any atom is 0.174 e. The second kappa shape index (κ2) is 6.33. The van der Waals surface area contributed by atoms with Gasteiger partial charge < -0.3 is 20.3 Å². The van der Waals surface area contributed by atoms with Crippen LogP contribution in [0.2, 0.25) is 0 Å². The van der Waals surface area contributed by atoms with Gasteiger partial charge >= 0.3 is 0 Å². The molecule has 3 aliphatic carbocycles. The van der Waals surface area contributed by atoms with E-state index in [9.17, 15) is 5.11 Å². The number of hydrogen-bond donors (Lipinski definition) is 2. The van der Waals surface area contributed by atoms with Gasteiger partial charge in [0.15, 0.2) is 5.79 Å². The summed E-state index contributed by atoms with van der Waals surface area (Å²) in [7, 11) is 0. The third-order valence-corrected chi connectivity index (χ3v) is 8.07. The first-order chi connectivity index (χ1) is 13.1. The van der Waals surface area contributed by atoms with Crippen LogP contribution in [0.5, 0.6) is 5.75 Å². The highest BCUT2D eigenvalue weighted by Crippen LogP contribution is 2.68. The molecule has 4 unspecified atom stereocenters. The molecule has 1 aliphatic heterocycles. The average molecular weight is 370 g/mol. The van der Waals surface area contributed by atoms with Crippen LogP contribution in [0, 0.1) is 23.2 Å². The van der Waals surface area contributed by atoms with E-state index in [0.717, 1.165) is 19.3 Å². The Morgan fingerprint density at radius 1 is 1.26 bits per heavy atom. The third kappa shape index (κ3) is 2.46. The minimum Gasteiger partial charge on any atom is -0.508 e. The SMILES string of the molecule is CC12CCC3c4ccc(O)cc4CCC3C1[C@@H](/C=C/CN)CC21OCCO1. The lowest BCUT2D eigenvalue weighted by atomic mass is 9.53. The summed E-state index contributed by atoms with van der Waals surface area (Å²) in [5.74, 6) is 2.21. The summed E-state index contributed by atoms with van der Waals surface area (Å²) < 4.78 is 12.7. The van der Waals surface area contributed by atoms with E-state index in [-0.39, 0.29) is 5.41 Å². The van der Waals surface area contributed by atoms with E-state index in [0.29, 0.717) is 49.2 Å². The van der Waals surface area contributed by atoms with E-state index in [1.165, 1.54) is 24.0 Å². The van der Waals surface area contributed by atoms with Crippen molar-refractivity contribution in [2.45, 2.75) is 50.7 Å². The van der Waals surface area contributed by atoms with Crippen LogP contribution in [0.1, 0.15) is 49.7 Å². The van der Waals surface area contributed by atoms with Gasteiger partial charge in [0.2, 0.25) is 0 Å². The van der Waals surface area contributed by atoms with Crippen molar-refractivity contribution in [2.24, 2.45) is 28.9 Å². The van der Waals surface area contributed by atoms with E-state index in [1.54, 1.807) is 0 Å². The zero-order valence-electron chi connectivity index (χ0n) is 16.2. The summed E-state index contributed by atoms with van der Waals surface area (Å²) in [6.45, 7) is 4.43. The van der Waals surface area contributed by atoms with Crippen molar-refractivity contribution in [3.05, 3.63) is 41.5 Å². The maximum absolute atomic E-state index is 9.90. The molecule has 0 radical (unpaired) electrons. The number of benzene rings is 1. The zero-order valence-corrected chi connectivity index (χ0v) is 16.2. The number of aryl methyl sites for hydroxylation is 1. The Morgan fingerprint density at radius 2 is 2.07 bits per heavy atom. The summed E-state index contributed by atoms with van der Waals surface area (Å²) in [6.07, 6.45) is 9.97. The Labute approximate surface area is 161 Å². The minimum atomic E-state index is -0.415. The Balaban J connectivity index is 1.55. The molecular formula is C23H31NO3. The highest BCUT2D eigenvalue weighted by atomic mass is 16.7. The van der Waals surface area contributed by atoms with Crippen LogP contribution in [0.25, 0.3) is 0 Å². The van der Waals surface area contributed by atoms with Crippen molar-refractivity contribution in [3.8, 4) is 5.75 Å². The number of rotatable bonds is 2. The molecule has 5 rings (SSSR count). The molecule has 1 heterocycles. The number of fused-ring (bicyclic) bond motifs is 6. The van der Waals surface area contributed by atoms with E-state index < -0.39 is 5.79 Å². The van der Waals surface area contributed by atoms with Crippen LogP contribution in [-0.2, 0) is 15.9 Å². The average Bonchev–Trinajstić information content (AvgIpc) is 3.23. The number of hydrogen-bond acceptors (Lipinski definition) is 4. The van der Waals surface area contributed by atoms with Crippen molar-refractivity contribution in [1.82, 2.24) is 0 Å². The number of nitrogens with two attached hydrogens (primary N) is 1. The number of phenols is 1. The molecule has 2 saturated carbocycles. The Kier molecular flexibility index (Phi) is 4.15. The van der Waals surface area contributed by atoms with Crippen molar-refractivity contribution in [3.63, 3.8) is 0 Å². The molecule has 1 spiro atoms. The molecule has 4 heteroatoms. The predicted octanol–water partition coefficient (Wildman–Crippen LogP) is 3.73. The molecule has 3 N–H and O–H groups in total. The van der Waals surface area contributed by atoms with Gasteiger partial charge in [-0.05, 0) is 72.6 Å². The second-order valence-electron chi connectivity index (χ2n) is 9.16. The van der Waals surface area contributed by atoms with Gasteiger partial charge in [-0.15, -0.1) is 0 Å². The smallest absolute Gasteiger partial charge is 0.174 e. The highest BCUT2D eigenvalue weighted by molar-refractivity contribution is 5.40. The number of phenolic OH excluding ortho intramolecular Hbond substituents is 1. The van der Waals surface area contributed by atoms with Crippen LogP contribution in [-0.4, -0.2) is 30.7 Å². The molecule has 5 atom stereocenters. The molecule has 0 amide bonds. The summed E-state index contributed by atoms with van der Waals surface area (Å²) >= 11 is 0. The number of ether oxygens (including phenoxy) is 2. The standard InChI is InChI=1S/C23H31NO3/c1-22-9-8-19-18-7-5-17(25)13-15(18)4-6-20(19)21(22)16(3-2-10-24)14-23(22)26-11-12-27-23/h2-3,5,7,13,16,19-21,25H,4,6,8-12,14,24H2,1H3/b3-2+/t16-,19?,20?,21?,22?/m0/s1. The summed E-state index contributed by atoms with van der Waals surface area (Å²) in [5, 5.41) is 9.90. The fraction of sp³-hybridized carbons (Fsp3) is 0.652. The van der Waals surface area contributed by atoms with Gasteiger partial charge in [-0.25, -0.2) is 0 Å². The zero-order chi connectivity index (χ0) is 18.6. The summed E-state index contributed by atoms with van der Waals surface area (Å²) in [5.41, 5.74) is 8.65. The monoisotopic (exact) mass is 369 g/mol. The molecule has 1 aromatic carbocycles. The summed E-state index contributed by atoms with van der Waals surface area (Å²) in [6, 6.07) is 6.01. The van der Waals surface area contributed by atoms with Crippen molar-refractivity contribution < 1.29 is 14.6 Å². The number of aromatic hydroxyl groups is 1. The Bertz CT molecular complexity index is 754. The molecule has 146 valence electrons. The lowest BCUT2D eigenvalue weighted by Crippen LogP contribution is -2.51. The van der Waals surface area contributed by atoms with Gasteiger partial charge in [0.1, 0.15) is 5.75 Å². The predicted molar refractivity (Wildman–Crippen MR) is 104 cm³/mol. The molecule has 0 bridgehead atoms. The first-order valence-electron chi connectivity index (χ1n) is 10.5. The van der Waals surface area contributed by atoms with Crippen LogP contribution in [0.3, 0.4) is 0 Å². The molecule has 0 aromatic heterocycles. The molecule has 1 saturated heterocycles. The normalized spacial score (nSPS) is 39.5. The molecule has 1 aromatic rings. The topological polar surface area (TPSA) is 64.7 Å². The van der Waals surface area contributed by atoms with Crippen LogP contribution in [0.15, 0.2) is 30.4 Å². The Hall–Kier alpha value is -1.36. The Morgan fingerprint density at radius 3 is 2.85 bits per heavy atom. The van der Waals surface area contributed by atoms with E-state index in [1.807, 2.05) is 12.1 Å². The quantitative estimate of drug-likeness (QED) is 0.780. The van der Waals surface area contributed by atoms with Gasteiger partial charge in [-0.1, -0.05) is 25.1 Å². The van der Waals surface area contributed by atoms with Gasteiger partial charge in [0.25, 0.3) is 0 Å². The van der Waals surface area contributed by atoms with E-state index in [4.69, 9.17) is 15.2 Å². The lowest BCUT2D eigenvalue weighted by molar-refractivity contribution is -0.237. The lowest BCUT2D eigenvalue weighted by Gasteiger charge is -2.53. The van der Waals surface area contributed by atoms with E-state index >= 15 is 0 Å². The fourth-order valence-electron chi connectivity index (χ4n) is 7.07. The van der Waals surface area contributed by atoms with Crippen LogP contribution < -0.4 is 5.73 Å². The van der Waals surface area contributed by atoms with Gasteiger partial charge in [-0.3, -0.25) is 0 Å². The fourth-order valence-corrected chi connectivity index (χ4v) is 7.07. The van der Waals surface area contributed by atoms with Crippen LogP contribution >= 0.6 is 0 Å². The van der Waals surface area contributed by atoms with Gasteiger partial charge in [0.05, 0.1) is 13.2 Å². The third-order valence-electron chi connectivity index (χ3n) is 8.07. The van der Waals surface area contributed by atoms with Crippen molar-refractivity contribution >= 4 is 0 Å². The van der Waals surface area contributed by atoms with E-state index in [2.05, 4.69) is 25.1 Å². The van der Waals surface area contributed by atoms with Gasteiger partial charge in [0, 0.05) is 18.4 Å². The van der Waals surface area contributed by atoms with Crippen molar-refractivity contribution in [2.75, 3.05) is 19.8 Å². The minimum absolute atomic E-state index is 0.0582. The first-order valence-corrected chi connectivity index (χ1v) is 10.5. The molecule has 27 heavy (non-hydrogen) atoms. The largest absolute Gasteiger partial charge is 0.508 e. The number of allylic oxidation sites excluding steroid dienone is 1. The molecule has 3 fully saturated rings. The maximum atomic E-state index is 9.90. The molecular weight excluding hydrogens is 338 g/mol. The van der Waals surface area contributed by atoms with Crippen LogP contribution in [0.4, 0.5) is 0 Å². The molecule has 4 aliphatic rings.